The summed E-state index contributed by atoms with van der Waals surface area (Å²) in [5.74, 6) is 0.120. The minimum absolute atomic E-state index is 0.0570. The highest BCUT2D eigenvalue weighted by atomic mass is 16.2. The SMILES string of the molecule is CCN1CC(=O)N(CCCNC)CC1=O. The number of carbonyl (C=O) groups excluding carboxylic acids is 2. The van der Waals surface area contributed by atoms with Crippen LogP contribution in [0.1, 0.15) is 13.3 Å². The molecule has 0 saturated carbocycles. The van der Waals surface area contributed by atoms with Crippen LogP contribution in [0.15, 0.2) is 0 Å². The normalized spacial score (nSPS) is 17.5. The van der Waals surface area contributed by atoms with Crippen molar-refractivity contribution in [2.75, 3.05) is 39.8 Å². The van der Waals surface area contributed by atoms with Crippen molar-refractivity contribution in [3.8, 4) is 0 Å². The molecule has 1 N–H and O–H groups in total. The van der Waals surface area contributed by atoms with Gasteiger partial charge in [0.15, 0.2) is 0 Å². The van der Waals surface area contributed by atoms with E-state index in [4.69, 9.17) is 0 Å². The van der Waals surface area contributed by atoms with E-state index in [1.54, 1.807) is 9.80 Å². The maximum Gasteiger partial charge on any atom is 0.242 e. The van der Waals surface area contributed by atoms with E-state index in [0.717, 1.165) is 13.0 Å². The zero-order valence-corrected chi connectivity index (χ0v) is 9.45. The molecule has 0 radical (unpaired) electrons. The Labute approximate surface area is 90.4 Å². The number of piperazine rings is 1. The van der Waals surface area contributed by atoms with Gasteiger partial charge in [0.2, 0.25) is 11.8 Å². The summed E-state index contributed by atoms with van der Waals surface area (Å²) in [4.78, 5) is 26.4. The maximum absolute atomic E-state index is 11.6. The minimum atomic E-state index is 0.0570. The third kappa shape index (κ3) is 3.20. The maximum atomic E-state index is 11.6. The van der Waals surface area contributed by atoms with Crippen LogP contribution in [-0.4, -0.2) is 61.4 Å². The van der Waals surface area contributed by atoms with Crippen molar-refractivity contribution in [1.82, 2.24) is 15.1 Å². The summed E-state index contributed by atoms with van der Waals surface area (Å²) in [5.41, 5.74) is 0. The summed E-state index contributed by atoms with van der Waals surface area (Å²) in [6, 6.07) is 0. The highest BCUT2D eigenvalue weighted by molar-refractivity contribution is 5.92. The quantitative estimate of drug-likeness (QED) is 0.614. The fourth-order valence-corrected chi connectivity index (χ4v) is 1.64. The Morgan fingerprint density at radius 1 is 1.20 bits per heavy atom. The first-order valence-corrected chi connectivity index (χ1v) is 5.39. The Balaban J connectivity index is 2.41. The molecule has 0 aromatic carbocycles. The van der Waals surface area contributed by atoms with Gasteiger partial charge in [-0.25, -0.2) is 0 Å². The Morgan fingerprint density at radius 2 is 1.80 bits per heavy atom. The van der Waals surface area contributed by atoms with E-state index < -0.39 is 0 Å². The lowest BCUT2D eigenvalue weighted by atomic mass is 10.2. The highest BCUT2D eigenvalue weighted by Crippen LogP contribution is 2.04. The van der Waals surface area contributed by atoms with Crippen LogP contribution in [0, 0.1) is 0 Å². The second-order valence-electron chi connectivity index (χ2n) is 3.68. The van der Waals surface area contributed by atoms with Crippen LogP contribution in [0.3, 0.4) is 0 Å². The Morgan fingerprint density at radius 3 is 2.40 bits per heavy atom. The van der Waals surface area contributed by atoms with Gasteiger partial charge >= 0.3 is 0 Å². The number of likely N-dealkylation sites (N-methyl/N-ethyl adjacent to an activating group) is 1. The lowest BCUT2D eigenvalue weighted by Crippen LogP contribution is -2.53. The summed E-state index contributed by atoms with van der Waals surface area (Å²) in [5, 5.41) is 3.02. The summed E-state index contributed by atoms with van der Waals surface area (Å²) in [6.45, 7) is 4.54. The lowest BCUT2D eigenvalue weighted by molar-refractivity contribution is -0.149. The fourth-order valence-electron chi connectivity index (χ4n) is 1.64. The summed E-state index contributed by atoms with van der Waals surface area (Å²) in [7, 11) is 1.88. The molecule has 2 amide bonds. The van der Waals surface area contributed by atoms with Crippen molar-refractivity contribution in [1.29, 1.82) is 0 Å². The van der Waals surface area contributed by atoms with E-state index in [0.29, 0.717) is 13.1 Å². The average molecular weight is 213 g/mol. The molecule has 15 heavy (non-hydrogen) atoms. The number of hydrogen-bond acceptors (Lipinski definition) is 3. The highest BCUT2D eigenvalue weighted by Gasteiger charge is 2.27. The number of nitrogens with zero attached hydrogens (tertiary/aromatic N) is 2. The Hall–Kier alpha value is -1.10. The largest absolute Gasteiger partial charge is 0.332 e. The number of hydrogen-bond donors (Lipinski definition) is 1. The molecule has 1 aliphatic heterocycles. The fraction of sp³-hybridized carbons (Fsp3) is 0.800. The molecule has 1 saturated heterocycles. The molecule has 0 aromatic rings. The molecule has 0 atom stereocenters. The number of nitrogens with one attached hydrogen (secondary N) is 1. The first-order valence-electron chi connectivity index (χ1n) is 5.39. The smallest absolute Gasteiger partial charge is 0.242 e. The van der Waals surface area contributed by atoms with E-state index in [-0.39, 0.29) is 24.9 Å². The number of carbonyl (C=O) groups is 2. The zero-order chi connectivity index (χ0) is 11.3. The molecule has 1 aliphatic rings. The lowest BCUT2D eigenvalue weighted by Gasteiger charge is -2.33. The van der Waals surface area contributed by atoms with E-state index >= 15 is 0 Å². The van der Waals surface area contributed by atoms with E-state index in [2.05, 4.69) is 5.32 Å². The average Bonchev–Trinajstić information content (AvgIpc) is 2.23. The first-order chi connectivity index (χ1) is 7.19. The molecule has 0 aromatic heterocycles. The van der Waals surface area contributed by atoms with Crippen molar-refractivity contribution in [2.24, 2.45) is 0 Å². The molecule has 5 nitrogen and oxygen atoms in total. The van der Waals surface area contributed by atoms with Gasteiger partial charge in [0.25, 0.3) is 0 Å². The van der Waals surface area contributed by atoms with Gasteiger partial charge in [-0.15, -0.1) is 0 Å². The number of amides is 2. The van der Waals surface area contributed by atoms with Crippen molar-refractivity contribution in [3.63, 3.8) is 0 Å². The molecule has 0 aliphatic carbocycles. The number of rotatable bonds is 5. The third-order valence-electron chi connectivity index (χ3n) is 2.59. The topological polar surface area (TPSA) is 52.7 Å². The predicted octanol–water partition coefficient (Wildman–Crippen LogP) is -0.713. The summed E-state index contributed by atoms with van der Waals surface area (Å²) >= 11 is 0. The van der Waals surface area contributed by atoms with E-state index in [1.807, 2.05) is 14.0 Å². The van der Waals surface area contributed by atoms with Gasteiger partial charge in [0.05, 0.1) is 13.1 Å². The molecule has 0 bridgehead atoms. The molecule has 1 heterocycles. The second kappa shape index (κ2) is 5.70. The molecule has 1 rings (SSSR count). The van der Waals surface area contributed by atoms with Crippen LogP contribution in [0.5, 0.6) is 0 Å². The standard InChI is InChI=1S/C10H19N3O2/c1-3-12-7-10(15)13(8-9(12)14)6-4-5-11-2/h11H,3-8H2,1-2H3. The molecule has 5 heteroatoms. The van der Waals surface area contributed by atoms with Crippen LogP contribution in [0.4, 0.5) is 0 Å². The molecular weight excluding hydrogens is 194 g/mol. The zero-order valence-electron chi connectivity index (χ0n) is 9.45. The van der Waals surface area contributed by atoms with Gasteiger partial charge in [-0.2, -0.15) is 0 Å². The van der Waals surface area contributed by atoms with E-state index in [1.165, 1.54) is 0 Å². The van der Waals surface area contributed by atoms with Gasteiger partial charge in [-0.1, -0.05) is 0 Å². The first kappa shape index (κ1) is 12.0. The van der Waals surface area contributed by atoms with E-state index in [9.17, 15) is 9.59 Å². The van der Waals surface area contributed by atoms with Crippen molar-refractivity contribution < 1.29 is 9.59 Å². The second-order valence-corrected chi connectivity index (χ2v) is 3.68. The molecule has 86 valence electrons. The van der Waals surface area contributed by atoms with Crippen LogP contribution in [-0.2, 0) is 9.59 Å². The third-order valence-corrected chi connectivity index (χ3v) is 2.59. The minimum Gasteiger partial charge on any atom is -0.332 e. The van der Waals surface area contributed by atoms with Crippen LogP contribution in [0.25, 0.3) is 0 Å². The molecular formula is C10H19N3O2. The molecule has 1 fully saturated rings. The van der Waals surface area contributed by atoms with Crippen molar-refractivity contribution in [2.45, 2.75) is 13.3 Å². The molecule has 0 spiro atoms. The van der Waals surface area contributed by atoms with Crippen molar-refractivity contribution in [3.05, 3.63) is 0 Å². The van der Waals surface area contributed by atoms with Gasteiger partial charge < -0.3 is 15.1 Å². The van der Waals surface area contributed by atoms with Gasteiger partial charge in [0.1, 0.15) is 0 Å². The predicted molar refractivity (Wildman–Crippen MR) is 57.4 cm³/mol. The Kier molecular flexibility index (Phi) is 4.55. The molecule has 0 unspecified atom stereocenters. The monoisotopic (exact) mass is 213 g/mol. The Bertz CT molecular complexity index is 243. The van der Waals surface area contributed by atoms with Crippen LogP contribution in [0.2, 0.25) is 0 Å². The van der Waals surface area contributed by atoms with Crippen molar-refractivity contribution >= 4 is 11.8 Å². The van der Waals surface area contributed by atoms with Gasteiger partial charge in [-0.3, -0.25) is 9.59 Å². The van der Waals surface area contributed by atoms with Gasteiger partial charge in [-0.05, 0) is 26.9 Å². The van der Waals surface area contributed by atoms with Crippen LogP contribution >= 0.6 is 0 Å². The van der Waals surface area contributed by atoms with Gasteiger partial charge in [0, 0.05) is 13.1 Å². The van der Waals surface area contributed by atoms with Crippen LogP contribution < -0.4 is 5.32 Å². The summed E-state index contributed by atoms with van der Waals surface area (Å²) < 4.78 is 0. The summed E-state index contributed by atoms with van der Waals surface area (Å²) in [6.07, 6.45) is 0.891.